The molecule has 0 bridgehead atoms. The van der Waals surface area contributed by atoms with Gasteiger partial charge in [0.2, 0.25) is 0 Å². The molecule has 0 saturated carbocycles. The number of nitrogens with two attached hydrogens (primary N) is 1. The number of nitrogens with one attached hydrogen (secondary N) is 1. The number of benzene rings is 1. The fourth-order valence-corrected chi connectivity index (χ4v) is 1.16. The summed E-state index contributed by atoms with van der Waals surface area (Å²) in [6.45, 7) is 5.38. The Labute approximate surface area is 99.7 Å². The normalized spacial score (nSPS) is 11.0. The van der Waals surface area contributed by atoms with Crippen LogP contribution in [0.1, 0.15) is 20.8 Å². The number of amides is 1. The van der Waals surface area contributed by atoms with Crippen molar-refractivity contribution in [3.63, 3.8) is 0 Å². The number of ether oxygens (including phenoxy) is 1. The Balaban J connectivity index is 2.67. The lowest BCUT2D eigenvalue weighted by Gasteiger charge is -2.19. The van der Waals surface area contributed by atoms with E-state index in [2.05, 4.69) is 5.32 Å². The van der Waals surface area contributed by atoms with Crippen LogP contribution in [0, 0.1) is 0 Å². The van der Waals surface area contributed by atoms with Gasteiger partial charge in [0.15, 0.2) is 0 Å². The highest BCUT2D eigenvalue weighted by atomic mass is 35.5. The molecule has 88 valence electrons. The maximum atomic E-state index is 11.4. The van der Waals surface area contributed by atoms with E-state index in [9.17, 15) is 4.79 Å². The van der Waals surface area contributed by atoms with Gasteiger partial charge < -0.3 is 10.5 Å². The second-order valence-corrected chi connectivity index (χ2v) is 4.77. The van der Waals surface area contributed by atoms with E-state index in [-0.39, 0.29) is 0 Å². The van der Waals surface area contributed by atoms with Gasteiger partial charge in [0.1, 0.15) is 5.60 Å². The molecule has 0 atom stereocenters. The van der Waals surface area contributed by atoms with Crippen LogP contribution in [0.4, 0.5) is 16.2 Å². The highest BCUT2D eigenvalue weighted by molar-refractivity contribution is 6.33. The lowest BCUT2D eigenvalue weighted by atomic mass is 10.2. The third-order valence-corrected chi connectivity index (χ3v) is 1.99. The van der Waals surface area contributed by atoms with Gasteiger partial charge in [0.05, 0.1) is 10.7 Å². The molecule has 3 N–H and O–H groups in total. The van der Waals surface area contributed by atoms with E-state index in [0.29, 0.717) is 16.4 Å². The monoisotopic (exact) mass is 242 g/mol. The van der Waals surface area contributed by atoms with E-state index in [1.165, 1.54) is 0 Å². The Kier molecular flexibility index (Phi) is 3.65. The van der Waals surface area contributed by atoms with Gasteiger partial charge in [-0.1, -0.05) is 11.6 Å². The molecule has 0 aliphatic carbocycles. The maximum absolute atomic E-state index is 11.4. The molecular formula is C11H15ClN2O2. The number of nitrogen functional groups attached to an aromatic ring is 1. The van der Waals surface area contributed by atoms with Crippen LogP contribution in [0.15, 0.2) is 18.2 Å². The van der Waals surface area contributed by atoms with E-state index < -0.39 is 11.7 Å². The molecule has 16 heavy (non-hydrogen) atoms. The van der Waals surface area contributed by atoms with E-state index >= 15 is 0 Å². The molecule has 1 aromatic carbocycles. The summed E-state index contributed by atoms with van der Waals surface area (Å²) in [7, 11) is 0. The van der Waals surface area contributed by atoms with Gasteiger partial charge in [-0.25, -0.2) is 4.79 Å². The van der Waals surface area contributed by atoms with Gasteiger partial charge in [0.25, 0.3) is 0 Å². The molecule has 1 amide bonds. The Bertz CT molecular complexity index is 399. The molecule has 0 saturated heterocycles. The van der Waals surface area contributed by atoms with Crippen molar-refractivity contribution >= 4 is 29.1 Å². The van der Waals surface area contributed by atoms with Crippen LogP contribution in [0.2, 0.25) is 5.02 Å². The van der Waals surface area contributed by atoms with Crippen molar-refractivity contribution in [2.75, 3.05) is 11.1 Å². The topological polar surface area (TPSA) is 64.3 Å². The first-order chi connectivity index (χ1) is 7.28. The minimum Gasteiger partial charge on any atom is -0.444 e. The molecule has 4 nitrogen and oxygen atoms in total. The predicted octanol–water partition coefficient (Wildman–Crippen LogP) is 3.27. The van der Waals surface area contributed by atoms with Gasteiger partial charge in [-0.3, -0.25) is 5.32 Å². The number of hydrogen-bond acceptors (Lipinski definition) is 3. The number of rotatable bonds is 1. The Hall–Kier alpha value is -1.42. The molecule has 0 spiro atoms. The van der Waals surface area contributed by atoms with E-state index in [1.807, 2.05) is 0 Å². The van der Waals surface area contributed by atoms with Gasteiger partial charge in [0, 0.05) is 5.69 Å². The summed E-state index contributed by atoms with van der Waals surface area (Å²) < 4.78 is 5.09. The van der Waals surface area contributed by atoms with Crippen LogP contribution in [0.3, 0.4) is 0 Å². The van der Waals surface area contributed by atoms with Crippen molar-refractivity contribution in [1.82, 2.24) is 0 Å². The van der Waals surface area contributed by atoms with Crippen LogP contribution in [-0.4, -0.2) is 11.7 Å². The second-order valence-electron chi connectivity index (χ2n) is 4.36. The van der Waals surface area contributed by atoms with Crippen molar-refractivity contribution in [2.45, 2.75) is 26.4 Å². The number of carbonyl (C=O) groups is 1. The van der Waals surface area contributed by atoms with E-state index in [0.717, 1.165) is 0 Å². The minimum atomic E-state index is -0.526. The molecule has 0 aromatic heterocycles. The Morgan fingerprint density at radius 2 is 2.06 bits per heavy atom. The molecule has 0 heterocycles. The molecule has 0 unspecified atom stereocenters. The first-order valence-electron chi connectivity index (χ1n) is 4.83. The zero-order valence-corrected chi connectivity index (χ0v) is 10.3. The molecule has 0 aliphatic rings. The van der Waals surface area contributed by atoms with Crippen molar-refractivity contribution in [3.05, 3.63) is 23.2 Å². The van der Waals surface area contributed by atoms with Gasteiger partial charge in [-0.15, -0.1) is 0 Å². The second kappa shape index (κ2) is 4.61. The Morgan fingerprint density at radius 3 is 2.56 bits per heavy atom. The number of hydrogen-bond donors (Lipinski definition) is 2. The largest absolute Gasteiger partial charge is 0.444 e. The highest BCUT2D eigenvalue weighted by Gasteiger charge is 2.16. The number of carbonyl (C=O) groups excluding carboxylic acids is 1. The summed E-state index contributed by atoms with van der Waals surface area (Å²) in [6.07, 6.45) is -0.519. The molecule has 0 fully saturated rings. The lowest BCUT2D eigenvalue weighted by Crippen LogP contribution is -2.27. The summed E-state index contributed by atoms with van der Waals surface area (Å²) in [5.74, 6) is 0. The third-order valence-electron chi connectivity index (χ3n) is 1.64. The average Bonchev–Trinajstić information content (AvgIpc) is 2.08. The maximum Gasteiger partial charge on any atom is 0.412 e. The first kappa shape index (κ1) is 12.6. The van der Waals surface area contributed by atoms with Gasteiger partial charge in [-0.05, 0) is 39.0 Å². The van der Waals surface area contributed by atoms with Crippen molar-refractivity contribution < 1.29 is 9.53 Å². The quantitative estimate of drug-likeness (QED) is 0.743. The SMILES string of the molecule is CC(C)(C)OC(=O)Nc1ccc(Cl)c(N)c1. The number of anilines is 2. The smallest absolute Gasteiger partial charge is 0.412 e. The summed E-state index contributed by atoms with van der Waals surface area (Å²) >= 11 is 5.75. The first-order valence-corrected chi connectivity index (χ1v) is 5.21. The third kappa shape index (κ3) is 3.98. The molecule has 1 aromatic rings. The van der Waals surface area contributed by atoms with Crippen LogP contribution in [0.5, 0.6) is 0 Å². The standard InChI is InChI=1S/C11H15ClN2O2/c1-11(2,3)16-10(15)14-7-4-5-8(12)9(13)6-7/h4-6H,13H2,1-3H3,(H,14,15). The molecule has 0 aliphatic heterocycles. The van der Waals surface area contributed by atoms with Crippen molar-refractivity contribution in [2.24, 2.45) is 0 Å². The molecule has 0 radical (unpaired) electrons. The predicted molar refractivity (Wildman–Crippen MR) is 65.7 cm³/mol. The minimum absolute atomic E-state index is 0.412. The summed E-state index contributed by atoms with van der Waals surface area (Å²) in [4.78, 5) is 11.4. The molecule has 5 heteroatoms. The fraction of sp³-hybridized carbons (Fsp3) is 0.364. The summed E-state index contributed by atoms with van der Waals surface area (Å²) in [5, 5.41) is 3.02. The highest BCUT2D eigenvalue weighted by Crippen LogP contribution is 2.22. The van der Waals surface area contributed by atoms with Crippen LogP contribution in [0.25, 0.3) is 0 Å². The zero-order chi connectivity index (χ0) is 12.3. The number of halogens is 1. The van der Waals surface area contributed by atoms with Crippen LogP contribution >= 0.6 is 11.6 Å². The summed E-state index contributed by atoms with van der Waals surface area (Å²) in [6, 6.07) is 4.85. The Morgan fingerprint density at radius 1 is 1.44 bits per heavy atom. The summed E-state index contributed by atoms with van der Waals surface area (Å²) in [5.41, 5.74) is 6.04. The van der Waals surface area contributed by atoms with Crippen molar-refractivity contribution in [1.29, 1.82) is 0 Å². The van der Waals surface area contributed by atoms with E-state index in [1.54, 1.807) is 39.0 Å². The van der Waals surface area contributed by atoms with E-state index in [4.69, 9.17) is 22.1 Å². The van der Waals surface area contributed by atoms with Gasteiger partial charge in [-0.2, -0.15) is 0 Å². The average molecular weight is 243 g/mol. The van der Waals surface area contributed by atoms with Crippen molar-refractivity contribution in [3.8, 4) is 0 Å². The van der Waals surface area contributed by atoms with Crippen LogP contribution < -0.4 is 11.1 Å². The molecular weight excluding hydrogens is 228 g/mol. The molecule has 1 rings (SSSR count). The lowest BCUT2D eigenvalue weighted by molar-refractivity contribution is 0.0636. The van der Waals surface area contributed by atoms with Gasteiger partial charge >= 0.3 is 6.09 Å². The zero-order valence-electron chi connectivity index (χ0n) is 9.50. The van der Waals surface area contributed by atoms with Crippen LogP contribution in [-0.2, 0) is 4.74 Å². The fourth-order valence-electron chi connectivity index (χ4n) is 1.04.